The summed E-state index contributed by atoms with van der Waals surface area (Å²) in [7, 11) is 1.77. The molecule has 1 aliphatic carbocycles. The predicted octanol–water partition coefficient (Wildman–Crippen LogP) is 3.71. The van der Waals surface area contributed by atoms with Crippen molar-refractivity contribution in [3.63, 3.8) is 0 Å². The van der Waals surface area contributed by atoms with Gasteiger partial charge in [-0.05, 0) is 49.5 Å². The monoisotopic (exact) mass is 261 g/mol. The van der Waals surface area contributed by atoms with E-state index in [4.69, 9.17) is 10.5 Å². The number of ether oxygens (including phenoxy) is 1. The Bertz CT molecular complexity index is 368. The summed E-state index contributed by atoms with van der Waals surface area (Å²) in [5.41, 5.74) is 8.13. The molecule has 2 heteroatoms. The summed E-state index contributed by atoms with van der Waals surface area (Å²) < 4.78 is 5.18. The fraction of sp³-hybridized carbons (Fsp3) is 0.647. The number of hydrogen-bond donors (Lipinski definition) is 1. The second kappa shape index (κ2) is 6.53. The third-order valence-corrected chi connectivity index (χ3v) is 4.92. The Morgan fingerprint density at radius 2 is 1.89 bits per heavy atom. The van der Waals surface area contributed by atoms with E-state index in [0.717, 1.165) is 25.9 Å². The van der Waals surface area contributed by atoms with Crippen molar-refractivity contribution in [3.8, 4) is 0 Å². The average molecular weight is 261 g/mol. The Labute approximate surface area is 117 Å². The van der Waals surface area contributed by atoms with E-state index in [1.165, 1.54) is 18.4 Å². The van der Waals surface area contributed by atoms with E-state index >= 15 is 0 Å². The number of methoxy groups -OCH3 is 1. The van der Waals surface area contributed by atoms with Crippen LogP contribution in [0.2, 0.25) is 0 Å². The summed E-state index contributed by atoms with van der Waals surface area (Å²) in [6.45, 7) is 3.10. The maximum absolute atomic E-state index is 6.63. The SMILES string of the molecule is COCCC(C)C1(N)CCC(c2ccccc2)CC1. The predicted molar refractivity (Wildman–Crippen MR) is 80.2 cm³/mol. The Morgan fingerprint density at radius 1 is 1.26 bits per heavy atom. The largest absolute Gasteiger partial charge is 0.385 e. The van der Waals surface area contributed by atoms with E-state index in [2.05, 4.69) is 37.3 Å². The van der Waals surface area contributed by atoms with Crippen LogP contribution in [0.15, 0.2) is 30.3 Å². The molecule has 1 fully saturated rings. The van der Waals surface area contributed by atoms with Crippen LogP contribution in [0.25, 0.3) is 0 Å². The molecule has 0 spiro atoms. The molecular weight excluding hydrogens is 234 g/mol. The molecular formula is C17H27NO. The van der Waals surface area contributed by atoms with Gasteiger partial charge in [0, 0.05) is 19.3 Å². The van der Waals surface area contributed by atoms with Crippen LogP contribution in [0.3, 0.4) is 0 Å². The number of nitrogens with two attached hydrogens (primary N) is 1. The highest BCUT2D eigenvalue weighted by atomic mass is 16.5. The molecule has 2 N–H and O–H groups in total. The zero-order chi connectivity index (χ0) is 13.7. The zero-order valence-electron chi connectivity index (χ0n) is 12.3. The van der Waals surface area contributed by atoms with Crippen LogP contribution in [0, 0.1) is 5.92 Å². The Balaban J connectivity index is 1.91. The minimum Gasteiger partial charge on any atom is -0.385 e. The van der Waals surface area contributed by atoms with Gasteiger partial charge in [-0.25, -0.2) is 0 Å². The van der Waals surface area contributed by atoms with Gasteiger partial charge in [0.25, 0.3) is 0 Å². The lowest BCUT2D eigenvalue weighted by Crippen LogP contribution is -2.48. The smallest absolute Gasteiger partial charge is 0.0465 e. The second-order valence-electron chi connectivity index (χ2n) is 6.10. The number of rotatable bonds is 5. The topological polar surface area (TPSA) is 35.2 Å². The molecule has 0 saturated heterocycles. The number of hydrogen-bond acceptors (Lipinski definition) is 2. The lowest BCUT2D eigenvalue weighted by Gasteiger charge is -2.41. The van der Waals surface area contributed by atoms with Crippen molar-refractivity contribution in [1.29, 1.82) is 0 Å². The minimum absolute atomic E-state index is 0.0177. The molecule has 1 aromatic rings. The summed E-state index contributed by atoms with van der Waals surface area (Å²) in [6.07, 6.45) is 5.79. The first-order valence-corrected chi connectivity index (χ1v) is 7.48. The standard InChI is InChI=1S/C17H27NO/c1-14(10-13-19-2)17(18)11-8-16(9-12-17)15-6-4-3-5-7-15/h3-7,14,16H,8-13,18H2,1-2H3. The van der Waals surface area contributed by atoms with Gasteiger partial charge in [-0.2, -0.15) is 0 Å². The molecule has 0 aliphatic heterocycles. The van der Waals surface area contributed by atoms with E-state index in [1.807, 2.05) is 0 Å². The van der Waals surface area contributed by atoms with Gasteiger partial charge < -0.3 is 10.5 Å². The fourth-order valence-electron chi connectivity index (χ4n) is 3.29. The second-order valence-corrected chi connectivity index (χ2v) is 6.10. The van der Waals surface area contributed by atoms with Crippen LogP contribution in [0.4, 0.5) is 0 Å². The lowest BCUT2D eigenvalue weighted by atomic mass is 9.68. The zero-order valence-corrected chi connectivity index (χ0v) is 12.3. The normalized spacial score (nSPS) is 29.1. The van der Waals surface area contributed by atoms with Crippen LogP contribution >= 0.6 is 0 Å². The van der Waals surface area contributed by atoms with Gasteiger partial charge in [-0.3, -0.25) is 0 Å². The van der Waals surface area contributed by atoms with Crippen molar-refractivity contribution in [3.05, 3.63) is 35.9 Å². The molecule has 2 rings (SSSR count). The third kappa shape index (κ3) is 3.58. The van der Waals surface area contributed by atoms with Crippen molar-refractivity contribution >= 4 is 0 Å². The van der Waals surface area contributed by atoms with E-state index in [9.17, 15) is 0 Å². The summed E-state index contributed by atoms with van der Waals surface area (Å²) in [6, 6.07) is 10.9. The molecule has 1 atom stereocenters. The molecule has 0 heterocycles. The highest BCUT2D eigenvalue weighted by molar-refractivity contribution is 5.20. The minimum atomic E-state index is 0.0177. The van der Waals surface area contributed by atoms with Crippen LogP contribution in [0.5, 0.6) is 0 Å². The van der Waals surface area contributed by atoms with Crippen LogP contribution in [-0.2, 0) is 4.74 Å². The average Bonchev–Trinajstić information content (AvgIpc) is 2.46. The number of benzene rings is 1. The first-order chi connectivity index (χ1) is 9.15. The van der Waals surface area contributed by atoms with Gasteiger partial charge in [-0.15, -0.1) is 0 Å². The molecule has 106 valence electrons. The molecule has 1 aromatic carbocycles. The molecule has 19 heavy (non-hydrogen) atoms. The summed E-state index contributed by atoms with van der Waals surface area (Å²) in [4.78, 5) is 0. The van der Waals surface area contributed by atoms with Crippen molar-refractivity contribution in [2.45, 2.75) is 50.5 Å². The van der Waals surface area contributed by atoms with Crippen LogP contribution in [0.1, 0.15) is 50.5 Å². The molecule has 1 unspecified atom stereocenters. The van der Waals surface area contributed by atoms with Crippen molar-refractivity contribution in [2.24, 2.45) is 11.7 Å². The van der Waals surface area contributed by atoms with Gasteiger partial charge in [0.2, 0.25) is 0 Å². The summed E-state index contributed by atoms with van der Waals surface area (Å²) >= 11 is 0. The van der Waals surface area contributed by atoms with Crippen molar-refractivity contribution < 1.29 is 4.74 Å². The van der Waals surface area contributed by atoms with Gasteiger partial charge in [-0.1, -0.05) is 37.3 Å². The maximum Gasteiger partial charge on any atom is 0.0465 e. The summed E-state index contributed by atoms with van der Waals surface area (Å²) in [5, 5.41) is 0. The molecule has 0 bridgehead atoms. The first-order valence-electron chi connectivity index (χ1n) is 7.48. The van der Waals surface area contributed by atoms with Crippen molar-refractivity contribution in [2.75, 3.05) is 13.7 Å². The fourth-order valence-corrected chi connectivity index (χ4v) is 3.29. The molecule has 1 aliphatic rings. The van der Waals surface area contributed by atoms with Gasteiger partial charge in [0.1, 0.15) is 0 Å². The Kier molecular flexibility index (Phi) is 5.00. The Morgan fingerprint density at radius 3 is 2.47 bits per heavy atom. The lowest BCUT2D eigenvalue weighted by molar-refractivity contribution is 0.131. The van der Waals surface area contributed by atoms with E-state index in [-0.39, 0.29) is 5.54 Å². The van der Waals surface area contributed by atoms with Crippen LogP contribution < -0.4 is 5.73 Å². The van der Waals surface area contributed by atoms with Gasteiger partial charge in [0.15, 0.2) is 0 Å². The quantitative estimate of drug-likeness (QED) is 0.877. The van der Waals surface area contributed by atoms with E-state index in [1.54, 1.807) is 7.11 Å². The molecule has 0 radical (unpaired) electrons. The van der Waals surface area contributed by atoms with Gasteiger partial charge in [0.05, 0.1) is 0 Å². The van der Waals surface area contributed by atoms with E-state index in [0.29, 0.717) is 11.8 Å². The highest BCUT2D eigenvalue weighted by Crippen LogP contribution is 2.40. The summed E-state index contributed by atoms with van der Waals surface area (Å²) in [5.74, 6) is 1.25. The Hall–Kier alpha value is -0.860. The molecule has 1 saturated carbocycles. The van der Waals surface area contributed by atoms with E-state index < -0.39 is 0 Å². The molecule has 0 aromatic heterocycles. The van der Waals surface area contributed by atoms with Crippen LogP contribution in [-0.4, -0.2) is 19.3 Å². The molecule has 0 amide bonds. The van der Waals surface area contributed by atoms with Gasteiger partial charge >= 0.3 is 0 Å². The maximum atomic E-state index is 6.63. The van der Waals surface area contributed by atoms with Crippen molar-refractivity contribution in [1.82, 2.24) is 0 Å². The first kappa shape index (κ1) is 14.5. The third-order valence-electron chi connectivity index (χ3n) is 4.92. The highest BCUT2D eigenvalue weighted by Gasteiger charge is 2.36. The molecule has 2 nitrogen and oxygen atoms in total.